The fourth-order valence-electron chi connectivity index (χ4n) is 5.83. The molecule has 2 aliphatic heterocycles. The Kier molecular flexibility index (Phi) is 6.47. The molecule has 0 aromatic carbocycles. The van der Waals surface area contributed by atoms with Gasteiger partial charge >= 0.3 is 23.9 Å². The molecule has 0 radical (unpaired) electrons. The lowest BCUT2D eigenvalue weighted by molar-refractivity contribution is -0.251. The highest BCUT2D eigenvalue weighted by atomic mass is 16.4. The molecule has 13 nitrogen and oxygen atoms in total. The van der Waals surface area contributed by atoms with Gasteiger partial charge in [0.15, 0.2) is 0 Å². The summed E-state index contributed by atoms with van der Waals surface area (Å²) < 4.78 is 0. The lowest BCUT2D eigenvalue weighted by Gasteiger charge is -2.64. The Balaban J connectivity index is 2.10. The van der Waals surface area contributed by atoms with E-state index in [-0.39, 0.29) is 11.4 Å². The zero-order chi connectivity index (χ0) is 26.3. The van der Waals surface area contributed by atoms with Gasteiger partial charge in [0.25, 0.3) is 0 Å². The third-order valence-corrected chi connectivity index (χ3v) is 6.99. The maximum absolute atomic E-state index is 13.0. The quantitative estimate of drug-likeness (QED) is 0.312. The number of aliphatic hydroxyl groups is 1. The molecule has 0 spiro atoms. The van der Waals surface area contributed by atoms with E-state index in [1.165, 1.54) is 29.4 Å². The number of carboxylic acid groups (broad SMARTS) is 4. The number of nitrogens with zero attached hydrogens (tertiary/aromatic N) is 4. The van der Waals surface area contributed by atoms with Crippen LogP contribution in [0.3, 0.4) is 0 Å². The first-order valence-electron chi connectivity index (χ1n) is 10.9. The van der Waals surface area contributed by atoms with Crippen LogP contribution in [0.4, 0.5) is 0 Å². The van der Waals surface area contributed by atoms with Crippen molar-refractivity contribution in [2.24, 2.45) is 10.8 Å². The van der Waals surface area contributed by atoms with E-state index in [2.05, 4.69) is 9.97 Å². The molecule has 36 heavy (non-hydrogen) atoms. The minimum Gasteiger partial charge on any atom is -0.481 e. The minimum absolute atomic E-state index is 0.0808. The largest absolute Gasteiger partial charge is 0.481 e. The van der Waals surface area contributed by atoms with Crippen molar-refractivity contribution in [2.75, 3.05) is 26.2 Å². The monoisotopic (exact) mass is 500 g/mol. The van der Waals surface area contributed by atoms with Gasteiger partial charge in [-0.3, -0.25) is 38.9 Å². The standard InChI is InChI=1S/C23H24N4O9/c28-15(29)9-26-11-22(20(33)34)17(13-5-1-3-7-24-13)27(10-16(30)31)18(14-6-2-4-8-25-14)23(12-26,19(22)32)21(35)36/h1-8,17-19,32H,9-12H2,(H,28,29)(H,30,31)(H,33,34)(H,35,36)/t17-,18+,19?,22?,23?. The number of rotatable bonds is 8. The molecule has 2 saturated heterocycles. The SMILES string of the molecule is O=C(O)CN1CC2(C(=O)O)C(O)C(C(=O)O)(C1)[C@@H](c1ccccn1)N(CC(=O)O)[C@H]2c1ccccn1. The van der Waals surface area contributed by atoms with Crippen molar-refractivity contribution in [2.45, 2.75) is 18.2 Å². The van der Waals surface area contributed by atoms with E-state index in [1.54, 1.807) is 24.3 Å². The second-order valence-electron chi connectivity index (χ2n) is 9.01. The van der Waals surface area contributed by atoms with E-state index in [9.17, 15) is 44.7 Å². The lowest BCUT2D eigenvalue weighted by atomic mass is 9.53. The molecule has 0 saturated carbocycles. The number of carbonyl (C=O) groups is 4. The lowest BCUT2D eigenvalue weighted by Crippen LogP contribution is -2.77. The number of hydrogen-bond acceptors (Lipinski definition) is 9. The fourth-order valence-corrected chi connectivity index (χ4v) is 5.83. The highest BCUT2D eigenvalue weighted by molar-refractivity contribution is 5.85. The van der Waals surface area contributed by atoms with Crippen LogP contribution in [0, 0.1) is 10.8 Å². The molecule has 2 aromatic rings. The molecule has 190 valence electrons. The Morgan fingerprint density at radius 2 is 1.22 bits per heavy atom. The highest BCUT2D eigenvalue weighted by Gasteiger charge is 2.75. The van der Waals surface area contributed by atoms with Crippen molar-refractivity contribution in [3.05, 3.63) is 60.2 Å². The van der Waals surface area contributed by atoms with Gasteiger partial charge in [-0.2, -0.15) is 0 Å². The predicted octanol–water partition coefficient (Wildman–Crippen LogP) is -0.438. The van der Waals surface area contributed by atoms with Crippen LogP contribution in [0.2, 0.25) is 0 Å². The van der Waals surface area contributed by atoms with Crippen LogP contribution in [0.5, 0.6) is 0 Å². The summed E-state index contributed by atoms with van der Waals surface area (Å²) in [5.41, 5.74) is -4.53. The molecule has 13 heteroatoms. The maximum atomic E-state index is 13.0. The highest BCUT2D eigenvalue weighted by Crippen LogP contribution is 2.62. The van der Waals surface area contributed by atoms with Gasteiger partial charge in [0.05, 0.1) is 42.7 Å². The van der Waals surface area contributed by atoms with E-state index < -0.39 is 79.1 Å². The van der Waals surface area contributed by atoms with Gasteiger partial charge in [-0.25, -0.2) is 0 Å². The van der Waals surface area contributed by atoms with Gasteiger partial charge < -0.3 is 25.5 Å². The number of hydrogen-bond donors (Lipinski definition) is 5. The molecule has 4 rings (SSSR count). The van der Waals surface area contributed by atoms with Crippen LogP contribution >= 0.6 is 0 Å². The van der Waals surface area contributed by atoms with Gasteiger partial charge in [-0.15, -0.1) is 0 Å². The second kappa shape index (κ2) is 9.26. The summed E-state index contributed by atoms with van der Waals surface area (Å²) in [5, 5.41) is 52.1. The Morgan fingerprint density at radius 1 is 0.778 bits per heavy atom. The van der Waals surface area contributed by atoms with Crippen molar-refractivity contribution >= 4 is 23.9 Å². The number of likely N-dealkylation sites (tertiary alicyclic amines) is 2. The molecule has 2 bridgehead atoms. The molecule has 2 aromatic heterocycles. The summed E-state index contributed by atoms with van der Waals surface area (Å²) >= 11 is 0. The zero-order valence-electron chi connectivity index (χ0n) is 18.8. The topological polar surface area (TPSA) is 202 Å². The van der Waals surface area contributed by atoms with E-state index in [0.29, 0.717) is 0 Å². The molecule has 3 unspecified atom stereocenters. The van der Waals surface area contributed by atoms with Gasteiger partial charge in [0.2, 0.25) is 0 Å². The summed E-state index contributed by atoms with van der Waals surface area (Å²) in [7, 11) is 0. The number of carboxylic acids is 4. The van der Waals surface area contributed by atoms with Crippen molar-refractivity contribution in [1.82, 2.24) is 19.8 Å². The Labute approximate surface area is 204 Å². The van der Waals surface area contributed by atoms with Crippen molar-refractivity contribution in [3.8, 4) is 0 Å². The molecular weight excluding hydrogens is 476 g/mol. The van der Waals surface area contributed by atoms with Crippen molar-refractivity contribution < 1.29 is 44.7 Å². The van der Waals surface area contributed by atoms with E-state index in [1.807, 2.05) is 0 Å². The summed E-state index contributed by atoms with van der Waals surface area (Å²) in [6.07, 6.45) is 0.667. The smallest absolute Gasteiger partial charge is 0.317 e. The first-order valence-corrected chi connectivity index (χ1v) is 10.9. The summed E-state index contributed by atoms with van der Waals surface area (Å²) in [5.74, 6) is -5.91. The van der Waals surface area contributed by atoms with Crippen molar-refractivity contribution in [1.29, 1.82) is 0 Å². The number of aliphatic carboxylic acids is 4. The fraction of sp³-hybridized carbons (Fsp3) is 0.391. The number of aliphatic hydroxyl groups excluding tert-OH is 1. The minimum atomic E-state index is -2.35. The van der Waals surface area contributed by atoms with Crippen LogP contribution in [0.1, 0.15) is 23.5 Å². The van der Waals surface area contributed by atoms with Crippen LogP contribution in [0.15, 0.2) is 48.8 Å². The van der Waals surface area contributed by atoms with Gasteiger partial charge in [0, 0.05) is 25.5 Å². The molecule has 0 amide bonds. The average molecular weight is 500 g/mol. The van der Waals surface area contributed by atoms with Crippen LogP contribution < -0.4 is 0 Å². The number of fused-ring (bicyclic) bond motifs is 2. The predicted molar refractivity (Wildman–Crippen MR) is 119 cm³/mol. The van der Waals surface area contributed by atoms with Crippen LogP contribution in [-0.2, 0) is 19.2 Å². The average Bonchev–Trinajstić information content (AvgIpc) is 2.81. The number of aromatic nitrogens is 2. The molecule has 2 aliphatic rings. The first-order chi connectivity index (χ1) is 17.1. The van der Waals surface area contributed by atoms with Gasteiger partial charge in [-0.05, 0) is 24.3 Å². The van der Waals surface area contributed by atoms with Crippen molar-refractivity contribution in [3.63, 3.8) is 0 Å². The van der Waals surface area contributed by atoms with E-state index in [0.717, 1.165) is 4.90 Å². The van der Waals surface area contributed by atoms with Gasteiger partial charge in [-0.1, -0.05) is 12.1 Å². The number of piperidine rings is 2. The van der Waals surface area contributed by atoms with Gasteiger partial charge in [0.1, 0.15) is 10.8 Å². The van der Waals surface area contributed by atoms with Crippen LogP contribution in [-0.4, -0.2) is 101 Å². The van der Waals surface area contributed by atoms with E-state index >= 15 is 0 Å². The molecule has 2 fully saturated rings. The third kappa shape index (κ3) is 3.77. The molecule has 5 N–H and O–H groups in total. The Morgan fingerprint density at radius 3 is 1.56 bits per heavy atom. The Bertz CT molecular complexity index is 1110. The summed E-state index contributed by atoms with van der Waals surface area (Å²) in [4.78, 5) is 60.5. The summed E-state index contributed by atoms with van der Waals surface area (Å²) in [6, 6.07) is 6.25. The Hall–Kier alpha value is -3.94. The van der Waals surface area contributed by atoms with E-state index in [4.69, 9.17) is 0 Å². The molecule has 4 heterocycles. The van der Waals surface area contributed by atoms with Crippen LogP contribution in [0.25, 0.3) is 0 Å². The molecular formula is C23H24N4O9. The summed E-state index contributed by atoms with van der Waals surface area (Å²) in [6.45, 7) is -2.61. The first kappa shape index (κ1) is 25.2. The maximum Gasteiger partial charge on any atom is 0.317 e. The normalized spacial score (nSPS) is 30.4. The third-order valence-electron chi connectivity index (χ3n) is 6.99. The number of pyridine rings is 2. The molecule has 5 atom stereocenters. The molecule has 0 aliphatic carbocycles. The zero-order valence-corrected chi connectivity index (χ0v) is 18.8. The second-order valence-corrected chi connectivity index (χ2v) is 9.01.